The Bertz CT molecular complexity index is 554. The molecule has 0 saturated carbocycles. The summed E-state index contributed by atoms with van der Waals surface area (Å²) in [6, 6.07) is 5.75. The lowest BCUT2D eigenvalue weighted by atomic mass is 10.2. The largest absolute Gasteiger partial charge is 0.480 e. The fourth-order valence-electron chi connectivity index (χ4n) is 1.95. The Kier molecular flexibility index (Phi) is 4.94. The third-order valence-electron chi connectivity index (χ3n) is 3.10. The molecule has 1 aromatic carbocycles. The Morgan fingerprint density at radius 2 is 1.89 bits per heavy atom. The van der Waals surface area contributed by atoms with Crippen molar-refractivity contribution in [2.75, 3.05) is 17.7 Å². The van der Waals surface area contributed by atoms with Crippen LogP contribution in [0.1, 0.15) is 20.3 Å². The molecule has 19 heavy (non-hydrogen) atoms. The van der Waals surface area contributed by atoms with Gasteiger partial charge in [-0.25, -0.2) is 13.2 Å². The molecule has 0 spiro atoms. The minimum Gasteiger partial charge on any atom is -0.480 e. The molecule has 106 valence electrons. The zero-order valence-corrected chi connectivity index (χ0v) is 12.1. The Balaban J connectivity index is 3.32. The van der Waals surface area contributed by atoms with Crippen LogP contribution in [0.4, 0.5) is 5.69 Å². The molecular formula is C13H19NO4S. The number of likely N-dealkylation sites (N-methyl/N-ethyl adjacent to an activating group) is 1. The third-order valence-corrected chi connectivity index (χ3v) is 4.88. The van der Waals surface area contributed by atoms with Gasteiger partial charge in [0.25, 0.3) is 0 Å². The molecule has 1 N–H and O–H groups in total. The minimum atomic E-state index is -3.38. The number of rotatable bonds is 6. The van der Waals surface area contributed by atoms with Gasteiger partial charge >= 0.3 is 5.97 Å². The standard InChI is InChI=1S/C13H19NO4S/c1-4-10(13(15)16)14(3)11-8-6-7-9-12(11)19(17,18)5-2/h6-10H,4-5H2,1-3H3,(H,15,16). The lowest BCUT2D eigenvalue weighted by Crippen LogP contribution is -2.38. The molecule has 0 fully saturated rings. The van der Waals surface area contributed by atoms with E-state index in [-0.39, 0.29) is 10.6 Å². The molecule has 1 unspecified atom stereocenters. The number of para-hydroxylation sites is 1. The summed E-state index contributed by atoms with van der Waals surface area (Å²) in [5.74, 6) is -0.976. The van der Waals surface area contributed by atoms with Gasteiger partial charge in [0, 0.05) is 7.05 Å². The summed E-state index contributed by atoms with van der Waals surface area (Å²) in [4.78, 5) is 12.9. The lowest BCUT2D eigenvalue weighted by Gasteiger charge is -2.27. The van der Waals surface area contributed by atoms with Crippen LogP contribution >= 0.6 is 0 Å². The fraction of sp³-hybridized carbons (Fsp3) is 0.462. The average Bonchev–Trinajstić information content (AvgIpc) is 2.39. The molecule has 1 atom stereocenters. The number of benzene rings is 1. The molecule has 0 heterocycles. The van der Waals surface area contributed by atoms with E-state index in [0.717, 1.165) is 0 Å². The first-order chi connectivity index (χ1) is 8.85. The maximum Gasteiger partial charge on any atom is 0.326 e. The van der Waals surface area contributed by atoms with Gasteiger partial charge in [-0.2, -0.15) is 0 Å². The van der Waals surface area contributed by atoms with Crippen LogP contribution in [-0.2, 0) is 14.6 Å². The van der Waals surface area contributed by atoms with Crippen molar-refractivity contribution in [3.05, 3.63) is 24.3 Å². The van der Waals surface area contributed by atoms with Crippen LogP contribution in [0.3, 0.4) is 0 Å². The van der Waals surface area contributed by atoms with Crippen LogP contribution in [0.5, 0.6) is 0 Å². The van der Waals surface area contributed by atoms with E-state index in [1.54, 1.807) is 39.1 Å². The van der Waals surface area contributed by atoms with Crippen molar-refractivity contribution >= 4 is 21.5 Å². The second-order valence-corrected chi connectivity index (χ2v) is 6.49. The highest BCUT2D eigenvalue weighted by molar-refractivity contribution is 7.91. The molecule has 0 aliphatic heterocycles. The van der Waals surface area contributed by atoms with Crippen LogP contribution in [0.15, 0.2) is 29.2 Å². The van der Waals surface area contributed by atoms with E-state index in [0.29, 0.717) is 12.1 Å². The topological polar surface area (TPSA) is 74.7 Å². The average molecular weight is 285 g/mol. The number of hydrogen-bond acceptors (Lipinski definition) is 4. The van der Waals surface area contributed by atoms with E-state index >= 15 is 0 Å². The first-order valence-electron chi connectivity index (χ1n) is 6.12. The summed E-state index contributed by atoms with van der Waals surface area (Å²) in [6.07, 6.45) is 0.395. The molecule has 0 radical (unpaired) electrons. The number of sulfone groups is 1. The molecule has 0 bridgehead atoms. The molecule has 0 aliphatic rings. The van der Waals surface area contributed by atoms with Crippen molar-refractivity contribution < 1.29 is 18.3 Å². The number of hydrogen-bond donors (Lipinski definition) is 1. The molecule has 0 saturated heterocycles. The predicted octanol–water partition coefficient (Wildman–Crippen LogP) is 1.78. The normalized spacial score (nSPS) is 13.0. The van der Waals surface area contributed by atoms with Crippen molar-refractivity contribution in [3.8, 4) is 0 Å². The first-order valence-corrected chi connectivity index (χ1v) is 7.77. The Labute approximate surface area is 113 Å². The van der Waals surface area contributed by atoms with E-state index < -0.39 is 21.8 Å². The van der Waals surface area contributed by atoms with Crippen molar-refractivity contribution in [3.63, 3.8) is 0 Å². The zero-order valence-electron chi connectivity index (χ0n) is 11.3. The molecule has 0 amide bonds. The summed E-state index contributed by atoms with van der Waals surface area (Å²) in [7, 11) is -1.77. The summed E-state index contributed by atoms with van der Waals surface area (Å²) < 4.78 is 24.1. The number of carboxylic acids is 1. The van der Waals surface area contributed by atoms with Crippen molar-refractivity contribution in [2.45, 2.75) is 31.2 Å². The highest BCUT2D eigenvalue weighted by Gasteiger charge is 2.25. The minimum absolute atomic E-state index is 0.0122. The number of anilines is 1. The molecule has 1 rings (SSSR count). The summed E-state index contributed by atoms with van der Waals surface area (Å²) in [5, 5.41) is 9.16. The van der Waals surface area contributed by atoms with Gasteiger partial charge in [-0.3, -0.25) is 0 Å². The summed E-state index contributed by atoms with van der Waals surface area (Å²) in [5.41, 5.74) is 0.429. The molecule has 0 aromatic heterocycles. The highest BCUT2D eigenvalue weighted by atomic mass is 32.2. The van der Waals surface area contributed by atoms with Gasteiger partial charge in [-0.05, 0) is 18.6 Å². The fourth-order valence-corrected chi connectivity index (χ4v) is 3.08. The van der Waals surface area contributed by atoms with Gasteiger partial charge < -0.3 is 10.0 Å². The van der Waals surface area contributed by atoms with Crippen LogP contribution < -0.4 is 4.90 Å². The van der Waals surface area contributed by atoms with E-state index in [9.17, 15) is 13.2 Å². The number of carbonyl (C=O) groups is 1. The smallest absolute Gasteiger partial charge is 0.326 e. The van der Waals surface area contributed by atoms with Gasteiger partial charge in [0.2, 0.25) is 0 Å². The maximum absolute atomic E-state index is 12.0. The van der Waals surface area contributed by atoms with Crippen LogP contribution in [0.25, 0.3) is 0 Å². The Morgan fingerprint density at radius 1 is 1.32 bits per heavy atom. The van der Waals surface area contributed by atoms with Gasteiger partial charge in [0.15, 0.2) is 9.84 Å². The molecule has 0 aliphatic carbocycles. The van der Waals surface area contributed by atoms with Gasteiger partial charge in [-0.15, -0.1) is 0 Å². The second-order valence-electron chi connectivity index (χ2n) is 4.24. The second kappa shape index (κ2) is 6.06. The highest BCUT2D eigenvalue weighted by Crippen LogP contribution is 2.27. The van der Waals surface area contributed by atoms with E-state index in [2.05, 4.69) is 0 Å². The number of aliphatic carboxylic acids is 1. The van der Waals surface area contributed by atoms with E-state index in [4.69, 9.17) is 5.11 Å². The monoisotopic (exact) mass is 285 g/mol. The van der Waals surface area contributed by atoms with Gasteiger partial charge in [0.1, 0.15) is 6.04 Å². The summed E-state index contributed by atoms with van der Waals surface area (Å²) >= 11 is 0. The molecular weight excluding hydrogens is 266 g/mol. The first kappa shape index (κ1) is 15.5. The number of carboxylic acid groups (broad SMARTS) is 1. The maximum atomic E-state index is 12.0. The Morgan fingerprint density at radius 3 is 2.37 bits per heavy atom. The molecule has 6 heteroatoms. The lowest BCUT2D eigenvalue weighted by molar-refractivity contribution is -0.138. The predicted molar refractivity (Wildman–Crippen MR) is 74.3 cm³/mol. The summed E-state index contributed by atoms with van der Waals surface area (Å²) in [6.45, 7) is 3.33. The molecule has 1 aromatic rings. The van der Waals surface area contributed by atoms with Gasteiger partial charge in [0.05, 0.1) is 16.3 Å². The molecule has 5 nitrogen and oxygen atoms in total. The van der Waals surface area contributed by atoms with Crippen molar-refractivity contribution in [2.24, 2.45) is 0 Å². The third kappa shape index (κ3) is 3.26. The SMILES string of the molecule is CCC(C(=O)O)N(C)c1ccccc1S(=O)(=O)CC. The van der Waals surface area contributed by atoms with Gasteiger partial charge in [-0.1, -0.05) is 26.0 Å². The zero-order chi connectivity index (χ0) is 14.6. The van der Waals surface area contributed by atoms with Crippen molar-refractivity contribution in [1.29, 1.82) is 0 Å². The Hall–Kier alpha value is -1.56. The van der Waals surface area contributed by atoms with Crippen LogP contribution in [-0.4, -0.2) is 38.3 Å². The quantitative estimate of drug-likeness (QED) is 0.862. The van der Waals surface area contributed by atoms with Crippen LogP contribution in [0, 0.1) is 0 Å². The van der Waals surface area contributed by atoms with Crippen LogP contribution in [0.2, 0.25) is 0 Å². The van der Waals surface area contributed by atoms with E-state index in [1.165, 1.54) is 11.0 Å². The number of nitrogens with zero attached hydrogens (tertiary/aromatic N) is 1. The van der Waals surface area contributed by atoms with E-state index in [1.807, 2.05) is 0 Å². The van der Waals surface area contributed by atoms with Crippen molar-refractivity contribution in [1.82, 2.24) is 0 Å².